The predicted molar refractivity (Wildman–Crippen MR) is 116 cm³/mol. The minimum absolute atomic E-state index is 0.0389. The maximum absolute atomic E-state index is 13.1. The van der Waals surface area contributed by atoms with Crippen molar-refractivity contribution in [3.05, 3.63) is 35.2 Å². The van der Waals surface area contributed by atoms with Gasteiger partial charge in [-0.2, -0.15) is 0 Å². The highest BCUT2D eigenvalue weighted by atomic mass is 32.2. The fraction of sp³-hybridized carbons (Fsp3) is 0.591. The standard InChI is InChI=1S/C22H30N4O3S/c1-14-7-8-15(2)18(11-14)26-16(3)23-24-22(26)30-13-21(28)25-9-10-29-12-19(25)17-5-4-6-20(17)27/h7-8,11,17,19-20,27H,4-6,9-10,12-13H2,1-3H3/t17-,19+,20-/m0/s1. The van der Waals surface area contributed by atoms with Crippen molar-refractivity contribution >= 4 is 17.7 Å². The highest BCUT2D eigenvalue weighted by Crippen LogP contribution is 2.33. The molecular formula is C22H30N4O3S. The molecule has 2 aromatic rings. The lowest BCUT2D eigenvalue weighted by Crippen LogP contribution is -2.54. The Kier molecular flexibility index (Phi) is 6.46. The first-order valence-electron chi connectivity index (χ1n) is 10.6. The van der Waals surface area contributed by atoms with Crippen molar-refractivity contribution in [2.24, 2.45) is 5.92 Å². The van der Waals surface area contributed by atoms with Crippen LogP contribution in [0, 0.1) is 26.7 Å². The summed E-state index contributed by atoms with van der Waals surface area (Å²) < 4.78 is 7.68. The van der Waals surface area contributed by atoms with Gasteiger partial charge in [-0.15, -0.1) is 10.2 Å². The molecule has 1 aliphatic heterocycles. The molecule has 0 radical (unpaired) electrons. The molecule has 2 aliphatic rings. The van der Waals surface area contributed by atoms with E-state index in [1.165, 1.54) is 17.3 Å². The SMILES string of the molecule is Cc1ccc(C)c(-n2c(C)nnc2SCC(=O)N2CCOC[C@@H]2[C@@H]2CCC[C@@H]2O)c1. The molecule has 30 heavy (non-hydrogen) atoms. The molecule has 4 rings (SSSR count). The fourth-order valence-corrected chi connectivity index (χ4v) is 5.46. The maximum Gasteiger partial charge on any atom is 0.233 e. The number of rotatable bonds is 5. The van der Waals surface area contributed by atoms with Crippen molar-refractivity contribution in [3.8, 4) is 5.69 Å². The molecule has 0 unspecified atom stereocenters. The smallest absolute Gasteiger partial charge is 0.233 e. The van der Waals surface area contributed by atoms with Gasteiger partial charge in [-0.05, 0) is 50.8 Å². The van der Waals surface area contributed by atoms with Crippen LogP contribution in [0.2, 0.25) is 0 Å². The van der Waals surface area contributed by atoms with Crippen LogP contribution in [-0.4, -0.2) is 68.3 Å². The minimum Gasteiger partial charge on any atom is -0.393 e. The van der Waals surface area contributed by atoms with Crippen LogP contribution in [0.5, 0.6) is 0 Å². The van der Waals surface area contributed by atoms with Crippen LogP contribution in [0.3, 0.4) is 0 Å². The van der Waals surface area contributed by atoms with Crippen LogP contribution in [0.15, 0.2) is 23.4 Å². The van der Waals surface area contributed by atoms with Crippen molar-refractivity contribution in [1.29, 1.82) is 0 Å². The van der Waals surface area contributed by atoms with Gasteiger partial charge in [0.1, 0.15) is 5.82 Å². The Labute approximate surface area is 181 Å². The van der Waals surface area contributed by atoms with Crippen LogP contribution in [-0.2, 0) is 9.53 Å². The van der Waals surface area contributed by atoms with Crippen molar-refractivity contribution in [3.63, 3.8) is 0 Å². The molecule has 1 amide bonds. The Bertz CT molecular complexity index is 916. The molecule has 162 valence electrons. The summed E-state index contributed by atoms with van der Waals surface area (Å²) in [7, 11) is 0. The van der Waals surface area contributed by atoms with Crippen LogP contribution in [0.1, 0.15) is 36.2 Å². The first kappa shape index (κ1) is 21.3. The molecule has 7 nitrogen and oxygen atoms in total. The molecule has 1 saturated carbocycles. The number of amides is 1. The van der Waals surface area contributed by atoms with Gasteiger partial charge >= 0.3 is 0 Å². The van der Waals surface area contributed by atoms with E-state index in [0.29, 0.717) is 25.5 Å². The summed E-state index contributed by atoms with van der Waals surface area (Å²) >= 11 is 1.42. The van der Waals surface area contributed by atoms with Crippen LogP contribution >= 0.6 is 11.8 Å². The Morgan fingerprint density at radius 2 is 2.10 bits per heavy atom. The van der Waals surface area contributed by atoms with Gasteiger partial charge in [0.2, 0.25) is 5.91 Å². The molecule has 1 aromatic carbocycles. The minimum atomic E-state index is -0.338. The highest BCUT2D eigenvalue weighted by molar-refractivity contribution is 7.99. The van der Waals surface area contributed by atoms with Gasteiger partial charge in [0.25, 0.3) is 0 Å². The van der Waals surface area contributed by atoms with Gasteiger partial charge in [0.15, 0.2) is 5.16 Å². The number of nitrogens with zero attached hydrogens (tertiary/aromatic N) is 4. The van der Waals surface area contributed by atoms with E-state index in [-0.39, 0.29) is 24.0 Å². The second-order valence-electron chi connectivity index (χ2n) is 8.34. The molecule has 8 heteroatoms. The predicted octanol–water partition coefficient (Wildman–Crippen LogP) is 2.67. The Balaban J connectivity index is 1.49. The van der Waals surface area contributed by atoms with E-state index in [1.807, 2.05) is 16.4 Å². The molecule has 2 heterocycles. The Morgan fingerprint density at radius 1 is 1.27 bits per heavy atom. The lowest BCUT2D eigenvalue weighted by Gasteiger charge is -2.40. The number of ether oxygens (including phenoxy) is 1. The molecular weight excluding hydrogens is 400 g/mol. The van der Waals surface area contributed by atoms with Crippen molar-refractivity contribution in [2.75, 3.05) is 25.5 Å². The number of hydrogen-bond acceptors (Lipinski definition) is 6. The third kappa shape index (κ3) is 4.26. The number of carbonyl (C=O) groups is 1. The molecule has 1 saturated heterocycles. The number of carbonyl (C=O) groups excluding carboxylic acids is 1. The van der Waals surface area contributed by atoms with Gasteiger partial charge < -0.3 is 14.7 Å². The monoisotopic (exact) mass is 430 g/mol. The van der Waals surface area contributed by atoms with Crippen molar-refractivity contribution in [2.45, 2.75) is 57.3 Å². The Morgan fingerprint density at radius 3 is 2.87 bits per heavy atom. The highest BCUT2D eigenvalue weighted by Gasteiger charge is 2.39. The zero-order valence-electron chi connectivity index (χ0n) is 17.9. The quantitative estimate of drug-likeness (QED) is 0.735. The van der Waals surface area contributed by atoms with Crippen molar-refractivity contribution < 1.29 is 14.6 Å². The lowest BCUT2D eigenvalue weighted by molar-refractivity contribution is -0.141. The van der Waals surface area contributed by atoms with E-state index in [4.69, 9.17) is 4.74 Å². The summed E-state index contributed by atoms with van der Waals surface area (Å²) in [6, 6.07) is 6.26. The van der Waals surface area contributed by atoms with E-state index in [2.05, 4.69) is 42.2 Å². The number of benzene rings is 1. The molecule has 2 fully saturated rings. The first-order valence-corrected chi connectivity index (χ1v) is 11.6. The van der Waals surface area contributed by atoms with Gasteiger partial charge in [-0.3, -0.25) is 9.36 Å². The van der Waals surface area contributed by atoms with E-state index in [9.17, 15) is 9.90 Å². The summed E-state index contributed by atoms with van der Waals surface area (Å²) in [4.78, 5) is 15.0. The van der Waals surface area contributed by atoms with Gasteiger partial charge in [0.05, 0.1) is 36.8 Å². The summed E-state index contributed by atoms with van der Waals surface area (Å²) in [5.74, 6) is 1.28. The molecule has 1 N–H and O–H groups in total. The van der Waals surface area contributed by atoms with Crippen LogP contribution in [0.4, 0.5) is 0 Å². The molecule has 0 spiro atoms. The fourth-order valence-electron chi connectivity index (χ4n) is 4.59. The molecule has 1 aromatic heterocycles. The third-order valence-corrected chi connectivity index (χ3v) is 7.15. The topological polar surface area (TPSA) is 80.5 Å². The van der Waals surface area contributed by atoms with Gasteiger partial charge in [0, 0.05) is 12.5 Å². The van der Waals surface area contributed by atoms with Gasteiger partial charge in [-0.1, -0.05) is 30.3 Å². The number of aliphatic hydroxyl groups is 1. The second-order valence-corrected chi connectivity index (χ2v) is 9.28. The van der Waals surface area contributed by atoms with Gasteiger partial charge in [-0.25, -0.2) is 0 Å². The average molecular weight is 431 g/mol. The third-order valence-electron chi connectivity index (χ3n) is 6.24. The van der Waals surface area contributed by atoms with Crippen molar-refractivity contribution in [1.82, 2.24) is 19.7 Å². The molecule has 1 aliphatic carbocycles. The maximum atomic E-state index is 13.1. The summed E-state index contributed by atoms with van der Waals surface area (Å²) in [6.07, 6.45) is 2.44. The second kappa shape index (κ2) is 9.08. The van der Waals surface area contributed by atoms with Crippen LogP contribution in [0.25, 0.3) is 5.69 Å². The molecule has 0 bridgehead atoms. The number of aromatic nitrogens is 3. The first-order chi connectivity index (χ1) is 14.5. The van der Waals surface area contributed by atoms with E-state index >= 15 is 0 Å². The molecule has 3 atom stereocenters. The number of hydrogen-bond donors (Lipinski definition) is 1. The Hall–Kier alpha value is -1.90. The van der Waals surface area contributed by atoms with E-state index in [0.717, 1.165) is 41.5 Å². The van der Waals surface area contributed by atoms with E-state index < -0.39 is 0 Å². The van der Waals surface area contributed by atoms with Crippen LogP contribution < -0.4 is 0 Å². The number of aliphatic hydroxyl groups excluding tert-OH is 1. The number of morpholine rings is 1. The number of thioether (sulfide) groups is 1. The average Bonchev–Trinajstić information content (AvgIpc) is 3.33. The zero-order chi connectivity index (χ0) is 21.3. The summed E-state index contributed by atoms with van der Waals surface area (Å²) in [6.45, 7) is 7.70. The summed E-state index contributed by atoms with van der Waals surface area (Å²) in [5.41, 5.74) is 3.35. The lowest BCUT2D eigenvalue weighted by atomic mass is 9.94. The zero-order valence-corrected chi connectivity index (χ0v) is 18.7. The largest absolute Gasteiger partial charge is 0.393 e. The normalized spacial score (nSPS) is 24.4. The van der Waals surface area contributed by atoms with E-state index in [1.54, 1.807) is 0 Å². The summed E-state index contributed by atoms with van der Waals surface area (Å²) in [5, 5.41) is 19.6. The number of aryl methyl sites for hydroxylation is 3.